The van der Waals surface area contributed by atoms with E-state index in [1.54, 1.807) is 19.6 Å². The maximum absolute atomic E-state index is 12.9. The molecule has 2 aromatic rings. The van der Waals surface area contributed by atoms with Crippen LogP contribution in [-0.4, -0.2) is 46.0 Å². The smallest absolute Gasteiger partial charge is 0.228 e. The highest BCUT2D eigenvalue weighted by atomic mass is 16.5. The fourth-order valence-electron chi connectivity index (χ4n) is 4.02. The highest BCUT2D eigenvalue weighted by Crippen LogP contribution is 2.47. The third-order valence-electron chi connectivity index (χ3n) is 6.03. The summed E-state index contributed by atoms with van der Waals surface area (Å²) in [6.07, 6.45) is 9.14. The summed E-state index contributed by atoms with van der Waals surface area (Å²) in [5.74, 6) is 1.05. The van der Waals surface area contributed by atoms with Gasteiger partial charge in [-0.05, 0) is 43.4 Å². The molecule has 1 N–H and O–H groups in total. The van der Waals surface area contributed by atoms with Crippen LogP contribution in [0.1, 0.15) is 37.7 Å². The van der Waals surface area contributed by atoms with E-state index in [0.717, 1.165) is 30.6 Å². The van der Waals surface area contributed by atoms with E-state index < -0.39 is 0 Å². The number of carbonyl (C=O) groups excluding carboxylic acids is 2. The number of carbonyl (C=O) groups is 2. The first-order valence-corrected chi connectivity index (χ1v) is 10.3. The molecule has 1 aliphatic carbocycles. The second kappa shape index (κ2) is 8.27. The van der Waals surface area contributed by atoms with Gasteiger partial charge in [-0.15, -0.1) is 0 Å². The Morgan fingerprint density at radius 1 is 1.34 bits per heavy atom. The lowest BCUT2D eigenvalue weighted by atomic mass is 10.0. The van der Waals surface area contributed by atoms with Crippen LogP contribution in [0.25, 0.3) is 0 Å². The van der Waals surface area contributed by atoms with Crippen LogP contribution in [0.2, 0.25) is 0 Å². The maximum atomic E-state index is 12.9. The van der Waals surface area contributed by atoms with E-state index in [4.69, 9.17) is 4.74 Å². The van der Waals surface area contributed by atoms with E-state index in [-0.39, 0.29) is 23.3 Å². The fraction of sp³-hybridized carbons (Fsp3) is 0.500. The lowest BCUT2D eigenvalue weighted by Gasteiger charge is -2.23. The number of benzene rings is 1. The van der Waals surface area contributed by atoms with Gasteiger partial charge in [-0.3, -0.25) is 9.59 Å². The first kappa shape index (κ1) is 19.5. The van der Waals surface area contributed by atoms with Crippen molar-refractivity contribution in [3.63, 3.8) is 0 Å². The number of ether oxygens (including phenoxy) is 1. The predicted molar refractivity (Wildman–Crippen MR) is 108 cm³/mol. The SMILES string of the molecule is COc1cccc(CN2CCC(NC(=O)C3(Cn4ccnc4)CC3)CCC2=O)c1. The van der Waals surface area contributed by atoms with Crippen molar-refractivity contribution in [1.29, 1.82) is 0 Å². The molecular formula is C22H28N4O3. The quantitative estimate of drug-likeness (QED) is 0.780. The van der Waals surface area contributed by atoms with Crippen molar-refractivity contribution < 1.29 is 14.3 Å². The van der Waals surface area contributed by atoms with Gasteiger partial charge in [0.2, 0.25) is 11.8 Å². The van der Waals surface area contributed by atoms with Crippen molar-refractivity contribution in [3.8, 4) is 5.75 Å². The van der Waals surface area contributed by atoms with Crippen LogP contribution in [0.15, 0.2) is 43.0 Å². The van der Waals surface area contributed by atoms with Crippen LogP contribution in [-0.2, 0) is 22.7 Å². The largest absolute Gasteiger partial charge is 0.497 e. The Bertz CT molecular complexity index is 861. The van der Waals surface area contributed by atoms with Crippen molar-refractivity contribution >= 4 is 11.8 Å². The first-order valence-electron chi connectivity index (χ1n) is 10.3. The van der Waals surface area contributed by atoms with Gasteiger partial charge in [0.25, 0.3) is 0 Å². The van der Waals surface area contributed by atoms with Crippen LogP contribution in [0.3, 0.4) is 0 Å². The van der Waals surface area contributed by atoms with Crippen molar-refractivity contribution in [1.82, 2.24) is 19.8 Å². The normalized spacial score (nSPS) is 20.8. The summed E-state index contributed by atoms with van der Waals surface area (Å²) < 4.78 is 7.25. The van der Waals surface area contributed by atoms with Gasteiger partial charge < -0.3 is 19.5 Å². The highest BCUT2D eigenvalue weighted by molar-refractivity contribution is 5.85. The van der Waals surface area contributed by atoms with Crippen molar-refractivity contribution in [2.45, 2.75) is 51.2 Å². The third-order valence-corrected chi connectivity index (χ3v) is 6.03. The molecule has 1 saturated carbocycles. The lowest BCUT2D eigenvalue weighted by Crippen LogP contribution is -2.41. The average Bonchev–Trinajstić information content (AvgIpc) is 3.38. The maximum Gasteiger partial charge on any atom is 0.228 e. The minimum Gasteiger partial charge on any atom is -0.497 e. The van der Waals surface area contributed by atoms with Gasteiger partial charge >= 0.3 is 0 Å². The zero-order chi connectivity index (χ0) is 20.3. The first-order chi connectivity index (χ1) is 14.1. The molecule has 7 nitrogen and oxygen atoms in total. The van der Waals surface area contributed by atoms with Gasteiger partial charge in [0.05, 0.1) is 18.9 Å². The number of rotatable bonds is 7. The number of hydrogen-bond acceptors (Lipinski definition) is 4. The molecule has 1 unspecified atom stereocenters. The monoisotopic (exact) mass is 396 g/mol. The topological polar surface area (TPSA) is 76.5 Å². The number of methoxy groups -OCH3 is 1. The molecule has 0 radical (unpaired) electrons. The molecule has 1 saturated heterocycles. The zero-order valence-electron chi connectivity index (χ0n) is 16.8. The Morgan fingerprint density at radius 2 is 2.21 bits per heavy atom. The van der Waals surface area contributed by atoms with Crippen LogP contribution < -0.4 is 10.1 Å². The zero-order valence-corrected chi connectivity index (χ0v) is 16.8. The summed E-state index contributed by atoms with van der Waals surface area (Å²) in [5, 5.41) is 3.23. The van der Waals surface area contributed by atoms with Crippen LogP contribution in [0, 0.1) is 5.41 Å². The summed E-state index contributed by atoms with van der Waals surface area (Å²) >= 11 is 0. The summed E-state index contributed by atoms with van der Waals surface area (Å²) in [7, 11) is 1.64. The van der Waals surface area contributed by atoms with E-state index in [0.29, 0.717) is 32.5 Å². The summed E-state index contributed by atoms with van der Waals surface area (Å²) in [6, 6.07) is 7.85. The molecule has 0 spiro atoms. The molecule has 2 aliphatic rings. The Labute approximate surface area is 171 Å². The van der Waals surface area contributed by atoms with Gasteiger partial charge in [0.1, 0.15) is 5.75 Å². The van der Waals surface area contributed by atoms with Gasteiger partial charge in [0, 0.05) is 44.5 Å². The van der Waals surface area contributed by atoms with Gasteiger partial charge in [-0.2, -0.15) is 0 Å². The van der Waals surface area contributed by atoms with E-state index >= 15 is 0 Å². The number of aromatic nitrogens is 2. The fourth-order valence-corrected chi connectivity index (χ4v) is 4.02. The number of amides is 2. The van der Waals surface area contributed by atoms with E-state index in [1.165, 1.54) is 0 Å². The lowest BCUT2D eigenvalue weighted by molar-refractivity contribution is -0.131. The minimum atomic E-state index is -0.308. The van der Waals surface area contributed by atoms with Crippen molar-refractivity contribution in [2.24, 2.45) is 5.41 Å². The highest BCUT2D eigenvalue weighted by Gasteiger charge is 2.50. The molecule has 1 aromatic carbocycles. The van der Waals surface area contributed by atoms with Gasteiger partial charge in [-0.1, -0.05) is 12.1 Å². The number of nitrogens with zero attached hydrogens (tertiary/aromatic N) is 3. The standard InChI is InChI=1S/C22H28N4O3/c1-29-19-4-2-3-17(13-19)14-26-11-7-18(5-6-20(26)27)24-21(28)22(8-9-22)15-25-12-10-23-16-25/h2-4,10,12-13,16,18H,5-9,11,14-15H2,1H3,(H,24,28). The number of nitrogens with one attached hydrogen (secondary N) is 1. The van der Waals surface area contributed by atoms with E-state index in [1.807, 2.05) is 39.9 Å². The summed E-state index contributed by atoms with van der Waals surface area (Å²) in [6.45, 7) is 1.89. The molecule has 1 aromatic heterocycles. The Kier molecular flexibility index (Phi) is 5.56. The molecule has 0 bridgehead atoms. The molecule has 4 rings (SSSR count). The van der Waals surface area contributed by atoms with Crippen LogP contribution in [0.4, 0.5) is 0 Å². The molecule has 2 heterocycles. The number of imidazole rings is 1. The second-order valence-electron chi connectivity index (χ2n) is 8.18. The Hall–Kier alpha value is -2.83. The minimum absolute atomic E-state index is 0.0435. The van der Waals surface area contributed by atoms with Gasteiger partial charge in [0.15, 0.2) is 0 Å². The van der Waals surface area contributed by atoms with E-state index in [9.17, 15) is 9.59 Å². The second-order valence-corrected chi connectivity index (χ2v) is 8.18. The molecule has 154 valence electrons. The molecule has 29 heavy (non-hydrogen) atoms. The Balaban J connectivity index is 1.33. The predicted octanol–water partition coefficient (Wildman–Crippen LogP) is 2.37. The van der Waals surface area contributed by atoms with Gasteiger partial charge in [-0.25, -0.2) is 4.98 Å². The molecule has 2 amide bonds. The molecule has 2 fully saturated rings. The molecule has 7 heteroatoms. The van der Waals surface area contributed by atoms with Crippen LogP contribution in [0.5, 0.6) is 5.75 Å². The molecule has 1 aliphatic heterocycles. The molecular weight excluding hydrogens is 368 g/mol. The summed E-state index contributed by atoms with van der Waals surface area (Å²) in [5.41, 5.74) is 0.745. The summed E-state index contributed by atoms with van der Waals surface area (Å²) in [4.78, 5) is 31.5. The third kappa shape index (κ3) is 4.60. The van der Waals surface area contributed by atoms with Crippen molar-refractivity contribution in [2.75, 3.05) is 13.7 Å². The van der Waals surface area contributed by atoms with Crippen LogP contribution >= 0.6 is 0 Å². The number of hydrogen-bond donors (Lipinski definition) is 1. The average molecular weight is 396 g/mol. The van der Waals surface area contributed by atoms with Crippen molar-refractivity contribution in [3.05, 3.63) is 48.5 Å². The number of likely N-dealkylation sites (tertiary alicyclic amines) is 1. The molecule has 1 atom stereocenters. The Morgan fingerprint density at radius 3 is 2.93 bits per heavy atom. The van der Waals surface area contributed by atoms with E-state index in [2.05, 4.69) is 10.3 Å².